The number of carboxylic acids is 1. The highest BCUT2D eigenvalue weighted by Crippen LogP contribution is 2.12. The van der Waals surface area contributed by atoms with Gasteiger partial charge in [-0.3, -0.25) is 9.59 Å². The lowest BCUT2D eigenvalue weighted by Crippen LogP contribution is -2.33. The zero-order chi connectivity index (χ0) is 17.6. The minimum absolute atomic E-state index is 0.148. The van der Waals surface area contributed by atoms with E-state index >= 15 is 0 Å². The van der Waals surface area contributed by atoms with Gasteiger partial charge < -0.3 is 10.0 Å². The summed E-state index contributed by atoms with van der Waals surface area (Å²) in [7, 11) is -0.545. The summed E-state index contributed by atoms with van der Waals surface area (Å²) >= 11 is 0. The van der Waals surface area contributed by atoms with E-state index in [0.717, 1.165) is 5.56 Å². The van der Waals surface area contributed by atoms with Crippen molar-refractivity contribution in [1.82, 2.24) is 9.62 Å². The van der Waals surface area contributed by atoms with E-state index in [-0.39, 0.29) is 23.8 Å². The second-order valence-electron chi connectivity index (χ2n) is 5.37. The molecule has 8 heteroatoms. The van der Waals surface area contributed by atoms with Crippen LogP contribution in [0.1, 0.15) is 18.9 Å². The van der Waals surface area contributed by atoms with Gasteiger partial charge >= 0.3 is 5.97 Å². The monoisotopic (exact) mass is 342 g/mol. The molecule has 2 N–H and O–H groups in total. The van der Waals surface area contributed by atoms with Gasteiger partial charge in [0.2, 0.25) is 15.9 Å². The van der Waals surface area contributed by atoms with Crippen LogP contribution < -0.4 is 4.72 Å². The van der Waals surface area contributed by atoms with Crippen LogP contribution in [0, 0.1) is 5.92 Å². The third kappa shape index (κ3) is 5.65. The Bertz CT molecular complexity index is 655. The number of benzene rings is 1. The fourth-order valence-corrected chi connectivity index (χ4v) is 2.72. The first-order valence-electron chi connectivity index (χ1n) is 7.16. The molecule has 0 aliphatic rings. The zero-order valence-electron chi connectivity index (χ0n) is 13.4. The van der Waals surface area contributed by atoms with E-state index in [1.807, 2.05) is 0 Å². The molecular weight excluding hydrogens is 320 g/mol. The van der Waals surface area contributed by atoms with E-state index in [4.69, 9.17) is 5.11 Å². The second-order valence-corrected chi connectivity index (χ2v) is 7.25. The van der Waals surface area contributed by atoms with Gasteiger partial charge in [0.15, 0.2) is 0 Å². The summed E-state index contributed by atoms with van der Waals surface area (Å²) in [4.78, 5) is 24.3. The first-order chi connectivity index (χ1) is 10.7. The van der Waals surface area contributed by atoms with Crippen molar-refractivity contribution in [3.05, 3.63) is 29.8 Å². The van der Waals surface area contributed by atoms with Crippen LogP contribution in [0.15, 0.2) is 29.2 Å². The molecule has 0 spiro atoms. The number of carbonyl (C=O) groups is 2. The average molecular weight is 342 g/mol. The SMILES string of the molecule is CNS(=O)(=O)c1ccc(CCC(=O)N(C)CC(C)C(=O)O)cc1. The number of nitrogens with one attached hydrogen (secondary N) is 1. The Morgan fingerprint density at radius 2 is 1.83 bits per heavy atom. The van der Waals surface area contributed by atoms with E-state index < -0.39 is 21.9 Å². The number of carbonyl (C=O) groups excluding carboxylic acids is 1. The maximum absolute atomic E-state index is 12.0. The molecule has 0 fully saturated rings. The van der Waals surface area contributed by atoms with Gasteiger partial charge in [-0.25, -0.2) is 13.1 Å². The molecule has 0 heterocycles. The van der Waals surface area contributed by atoms with Crippen LogP contribution in [0.3, 0.4) is 0 Å². The molecule has 0 saturated carbocycles. The Hall–Kier alpha value is -1.93. The molecule has 1 aromatic carbocycles. The van der Waals surface area contributed by atoms with Gasteiger partial charge in [-0.1, -0.05) is 19.1 Å². The quantitative estimate of drug-likeness (QED) is 0.724. The maximum Gasteiger partial charge on any atom is 0.308 e. The molecule has 1 aromatic rings. The Morgan fingerprint density at radius 3 is 2.30 bits per heavy atom. The highest BCUT2D eigenvalue weighted by Gasteiger charge is 2.17. The van der Waals surface area contributed by atoms with Crippen molar-refractivity contribution in [2.75, 3.05) is 20.6 Å². The molecule has 0 aliphatic carbocycles. The molecule has 1 rings (SSSR count). The highest BCUT2D eigenvalue weighted by atomic mass is 32.2. The number of nitrogens with zero attached hydrogens (tertiary/aromatic N) is 1. The fraction of sp³-hybridized carbons (Fsp3) is 0.467. The molecule has 0 bridgehead atoms. The fourth-order valence-electron chi connectivity index (χ4n) is 1.99. The lowest BCUT2D eigenvalue weighted by atomic mass is 10.1. The van der Waals surface area contributed by atoms with E-state index in [1.54, 1.807) is 26.1 Å². The topological polar surface area (TPSA) is 104 Å². The summed E-state index contributed by atoms with van der Waals surface area (Å²) in [6.45, 7) is 1.71. The lowest BCUT2D eigenvalue weighted by molar-refractivity contribution is -0.142. The number of hydrogen-bond donors (Lipinski definition) is 2. The van der Waals surface area contributed by atoms with Crippen molar-refractivity contribution in [2.24, 2.45) is 5.92 Å². The minimum Gasteiger partial charge on any atom is -0.481 e. The Balaban J connectivity index is 2.58. The van der Waals surface area contributed by atoms with Crippen LogP contribution in [0.25, 0.3) is 0 Å². The Kier molecular flexibility index (Phi) is 6.71. The molecule has 1 atom stereocenters. The normalized spacial score (nSPS) is 12.7. The van der Waals surface area contributed by atoms with Crippen molar-refractivity contribution >= 4 is 21.9 Å². The van der Waals surface area contributed by atoms with Crippen molar-refractivity contribution < 1.29 is 23.1 Å². The number of carboxylic acid groups (broad SMARTS) is 1. The van der Waals surface area contributed by atoms with E-state index in [1.165, 1.54) is 24.1 Å². The second kappa shape index (κ2) is 8.07. The summed E-state index contributed by atoms with van der Waals surface area (Å²) in [5, 5.41) is 8.84. The molecule has 1 unspecified atom stereocenters. The third-order valence-corrected chi connectivity index (χ3v) is 4.96. The summed E-state index contributed by atoms with van der Waals surface area (Å²) < 4.78 is 25.4. The van der Waals surface area contributed by atoms with E-state index in [9.17, 15) is 18.0 Å². The van der Waals surface area contributed by atoms with E-state index in [0.29, 0.717) is 6.42 Å². The lowest BCUT2D eigenvalue weighted by Gasteiger charge is -2.19. The van der Waals surface area contributed by atoms with Crippen LogP contribution in [0.5, 0.6) is 0 Å². The number of sulfonamides is 1. The molecule has 0 aromatic heterocycles. The van der Waals surface area contributed by atoms with Crippen LogP contribution in [-0.2, 0) is 26.0 Å². The molecular formula is C15H22N2O5S. The molecule has 0 saturated heterocycles. The van der Waals surface area contributed by atoms with Crippen LogP contribution in [0.2, 0.25) is 0 Å². The Morgan fingerprint density at radius 1 is 1.26 bits per heavy atom. The van der Waals surface area contributed by atoms with Crippen molar-refractivity contribution in [3.8, 4) is 0 Å². The number of hydrogen-bond acceptors (Lipinski definition) is 4. The predicted octanol–water partition coefficient (Wildman–Crippen LogP) is 0.706. The van der Waals surface area contributed by atoms with Crippen LogP contribution >= 0.6 is 0 Å². The third-order valence-electron chi connectivity index (χ3n) is 3.52. The predicted molar refractivity (Wildman–Crippen MR) is 85.4 cm³/mol. The summed E-state index contributed by atoms with van der Waals surface area (Å²) in [6.07, 6.45) is 0.700. The van der Waals surface area contributed by atoms with Gasteiger partial charge in [-0.05, 0) is 31.2 Å². The van der Waals surface area contributed by atoms with Crippen molar-refractivity contribution in [2.45, 2.75) is 24.7 Å². The molecule has 0 radical (unpaired) electrons. The maximum atomic E-state index is 12.0. The smallest absolute Gasteiger partial charge is 0.308 e. The summed E-state index contributed by atoms with van der Waals surface area (Å²) in [6, 6.07) is 6.30. The number of rotatable bonds is 8. The number of aryl methyl sites for hydroxylation is 1. The minimum atomic E-state index is -3.46. The van der Waals surface area contributed by atoms with Gasteiger partial charge in [0, 0.05) is 20.0 Å². The summed E-state index contributed by atoms with van der Waals surface area (Å²) in [5.41, 5.74) is 0.841. The highest BCUT2D eigenvalue weighted by molar-refractivity contribution is 7.89. The molecule has 0 aliphatic heterocycles. The standard InChI is InChI=1S/C15H22N2O5S/c1-11(15(19)20)10-17(3)14(18)9-6-12-4-7-13(8-5-12)23(21,22)16-2/h4-5,7-8,11,16H,6,9-10H2,1-3H3,(H,19,20). The van der Waals surface area contributed by atoms with Crippen LogP contribution in [0.4, 0.5) is 0 Å². The molecule has 1 amide bonds. The van der Waals surface area contributed by atoms with Gasteiger partial charge in [-0.15, -0.1) is 0 Å². The molecule has 23 heavy (non-hydrogen) atoms. The zero-order valence-corrected chi connectivity index (χ0v) is 14.3. The van der Waals surface area contributed by atoms with Gasteiger partial charge in [0.25, 0.3) is 0 Å². The molecule has 128 valence electrons. The first-order valence-corrected chi connectivity index (χ1v) is 8.65. The van der Waals surface area contributed by atoms with Crippen LogP contribution in [-0.4, -0.2) is 50.9 Å². The van der Waals surface area contributed by atoms with Gasteiger partial charge in [-0.2, -0.15) is 0 Å². The molecule has 7 nitrogen and oxygen atoms in total. The number of amides is 1. The average Bonchev–Trinajstić information content (AvgIpc) is 2.52. The van der Waals surface area contributed by atoms with Crippen molar-refractivity contribution in [1.29, 1.82) is 0 Å². The Labute approximate surface area is 136 Å². The summed E-state index contributed by atoms with van der Waals surface area (Å²) in [5.74, 6) is -1.70. The van der Waals surface area contributed by atoms with Gasteiger partial charge in [0.05, 0.1) is 10.8 Å². The largest absolute Gasteiger partial charge is 0.481 e. The first kappa shape index (κ1) is 19.1. The number of aliphatic carboxylic acids is 1. The van der Waals surface area contributed by atoms with Gasteiger partial charge in [0.1, 0.15) is 0 Å². The van der Waals surface area contributed by atoms with Crippen molar-refractivity contribution in [3.63, 3.8) is 0 Å². The van der Waals surface area contributed by atoms with E-state index in [2.05, 4.69) is 4.72 Å².